The molecule has 0 fully saturated rings. The molecule has 0 unspecified atom stereocenters. The van der Waals surface area contributed by atoms with Gasteiger partial charge < -0.3 is 10.5 Å². The van der Waals surface area contributed by atoms with E-state index < -0.39 is 11.6 Å². The first-order valence-corrected chi connectivity index (χ1v) is 12.2. The second-order valence-corrected chi connectivity index (χ2v) is 9.37. The SMILES string of the molecule is CCOCc1cc(F)c(-c2ccc3cnc(Cc4cnccc4[C@@H]4CC(C)=C[C@H](N)C4)n3n2)c(F)c1. The molecular weight excluding hydrogens is 460 g/mol. The molecule has 3 heterocycles. The fourth-order valence-corrected chi connectivity index (χ4v) is 5.05. The van der Waals surface area contributed by atoms with Crippen LogP contribution in [0.3, 0.4) is 0 Å². The molecule has 2 atom stereocenters. The van der Waals surface area contributed by atoms with Crippen molar-refractivity contribution in [2.24, 2.45) is 5.73 Å². The third-order valence-corrected chi connectivity index (χ3v) is 6.64. The summed E-state index contributed by atoms with van der Waals surface area (Å²) < 4.78 is 36.8. The van der Waals surface area contributed by atoms with Gasteiger partial charge in [-0.05, 0) is 79.6 Å². The van der Waals surface area contributed by atoms with Gasteiger partial charge in [-0.15, -0.1) is 0 Å². The number of imidazole rings is 1. The molecule has 186 valence electrons. The van der Waals surface area contributed by atoms with Crippen LogP contribution < -0.4 is 5.73 Å². The Labute approximate surface area is 208 Å². The summed E-state index contributed by atoms with van der Waals surface area (Å²) in [7, 11) is 0. The van der Waals surface area contributed by atoms with Crippen LogP contribution in [0.1, 0.15) is 55.1 Å². The van der Waals surface area contributed by atoms with Crippen LogP contribution in [0.5, 0.6) is 0 Å². The highest BCUT2D eigenvalue weighted by Gasteiger charge is 2.23. The number of aromatic nitrogens is 4. The van der Waals surface area contributed by atoms with Crippen molar-refractivity contribution in [2.45, 2.75) is 51.7 Å². The van der Waals surface area contributed by atoms with Crippen molar-refractivity contribution < 1.29 is 13.5 Å². The summed E-state index contributed by atoms with van der Waals surface area (Å²) in [6.45, 7) is 4.56. The molecule has 1 aliphatic carbocycles. The molecule has 0 aliphatic heterocycles. The molecule has 0 saturated carbocycles. The van der Waals surface area contributed by atoms with E-state index in [1.807, 2.05) is 13.1 Å². The van der Waals surface area contributed by atoms with Gasteiger partial charge in [0.25, 0.3) is 0 Å². The van der Waals surface area contributed by atoms with Crippen LogP contribution in [0.4, 0.5) is 8.78 Å². The third-order valence-electron chi connectivity index (χ3n) is 6.64. The van der Waals surface area contributed by atoms with E-state index in [9.17, 15) is 8.78 Å². The van der Waals surface area contributed by atoms with Crippen LogP contribution in [-0.4, -0.2) is 32.2 Å². The van der Waals surface area contributed by atoms with Crippen LogP contribution >= 0.6 is 0 Å². The fourth-order valence-electron chi connectivity index (χ4n) is 5.05. The number of allylic oxidation sites excluding steroid dienone is 1. The number of pyridine rings is 1. The topological polar surface area (TPSA) is 78.3 Å². The molecule has 5 rings (SSSR count). The first kappa shape index (κ1) is 24.2. The highest BCUT2D eigenvalue weighted by Crippen LogP contribution is 2.34. The first-order valence-electron chi connectivity index (χ1n) is 12.2. The van der Waals surface area contributed by atoms with E-state index in [-0.39, 0.29) is 23.9 Å². The van der Waals surface area contributed by atoms with Crippen LogP contribution in [0.2, 0.25) is 0 Å². The molecule has 1 aliphatic rings. The van der Waals surface area contributed by atoms with Crippen molar-refractivity contribution in [3.63, 3.8) is 0 Å². The molecule has 4 aromatic rings. The number of benzene rings is 1. The Balaban J connectivity index is 1.49. The molecule has 0 saturated heterocycles. The second-order valence-electron chi connectivity index (χ2n) is 9.37. The second kappa shape index (κ2) is 10.2. The fraction of sp³-hybridized carbons (Fsp3) is 0.321. The van der Waals surface area contributed by atoms with Gasteiger partial charge in [-0.3, -0.25) is 4.98 Å². The summed E-state index contributed by atoms with van der Waals surface area (Å²) in [5.41, 5.74) is 11.0. The molecule has 0 bridgehead atoms. The predicted octanol–water partition coefficient (Wildman–Crippen LogP) is 5.35. The molecule has 0 radical (unpaired) electrons. The van der Waals surface area contributed by atoms with Gasteiger partial charge in [-0.25, -0.2) is 18.3 Å². The Kier molecular flexibility index (Phi) is 6.89. The van der Waals surface area contributed by atoms with Crippen LogP contribution in [-0.2, 0) is 17.8 Å². The van der Waals surface area contributed by atoms with Gasteiger partial charge in [0, 0.05) is 31.5 Å². The summed E-state index contributed by atoms with van der Waals surface area (Å²) in [6.07, 6.45) is 9.81. The number of rotatable bonds is 7. The maximum atomic E-state index is 14.9. The van der Waals surface area contributed by atoms with Crippen molar-refractivity contribution in [3.8, 4) is 11.3 Å². The third kappa shape index (κ3) is 4.92. The summed E-state index contributed by atoms with van der Waals surface area (Å²) >= 11 is 0. The monoisotopic (exact) mass is 489 g/mol. The first-order chi connectivity index (χ1) is 17.4. The maximum absolute atomic E-state index is 14.9. The molecule has 8 heteroatoms. The van der Waals surface area contributed by atoms with Gasteiger partial charge in [-0.2, -0.15) is 5.10 Å². The number of hydrogen-bond donors (Lipinski definition) is 1. The van der Waals surface area contributed by atoms with Gasteiger partial charge in [-0.1, -0.05) is 11.6 Å². The summed E-state index contributed by atoms with van der Waals surface area (Å²) in [4.78, 5) is 8.91. The van der Waals surface area contributed by atoms with Gasteiger partial charge in [0.2, 0.25) is 0 Å². The van der Waals surface area contributed by atoms with Crippen molar-refractivity contribution in [1.29, 1.82) is 0 Å². The van der Waals surface area contributed by atoms with Crippen molar-refractivity contribution in [2.75, 3.05) is 6.61 Å². The van der Waals surface area contributed by atoms with E-state index in [0.29, 0.717) is 30.3 Å². The van der Waals surface area contributed by atoms with E-state index >= 15 is 0 Å². The van der Waals surface area contributed by atoms with E-state index in [4.69, 9.17) is 10.5 Å². The zero-order valence-corrected chi connectivity index (χ0v) is 20.4. The highest BCUT2D eigenvalue weighted by atomic mass is 19.1. The Bertz CT molecular complexity index is 1410. The van der Waals surface area contributed by atoms with Crippen LogP contribution in [0, 0.1) is 11.6 Å². The van der Waals surface area contributed by atoms with Gasteiger partial charge in [0.15, 0.2) is 0 Å². The standard InChI is InChI=1S/C28H29F2N5O/c1-3-36-16-18-10-24(29)28(25(30)11-18)26-5-4-22-15-33-27(35(22)34-26)13-20-14-32-7-6-23(20)19-8-17(2)9-21(31)12-19/h4-7,9-11,14-15,19,21H,3,8,12-13,16,31H2,1-2H3/t19-,21+/m1/s1. The number of nitrogens with zero attached hydrogens (tertiary/aromatic N) is 4. The lowest BCUT2D eigenvalue weighted by Gasteiger charge is -2.27. The van der Waals surface area contributed by atoms with Crippen molar-refractivity contribution in [3.05, 3.63) is 94.7 Å². The molecule has 1 aromatic carbocycles. The normalized spacial score (nSPS) is 18.0. The molecule has 6 nitrogen and oxygen atoms in total. The van der Waals surface area contributed by atoms with Gasteiger partial charge >= 0.3 is 0 Å². The van der Waals surface area contributed by atoms with Gasteiger partial charge in [0.1, 0.15) is 17.5 Å². The lowest BCUT2D eigenvalue weighted by atomic mass is 9.80. The lowest BCUT2D eigenvalue weighted by Crippen LogP contribution is -2.25. The molecule has 0 amide bonds. The number of ether oxygens (including phenoxy) is 1. The smallest absolute Gasteiger partial charge is 0.135 e. The van der Waals surface area contributed by atoms with Crippen LogP contribution in [0.15, 0.2) is 60.6 Å². The zero-order chi connectivity index (χ0) is 25.2. The van der Waals surface area contributed by atoms with Crippen molar-refractivity contribution in [1.82, 2.24) is 19.6 Å². The van der Waals surface area contributed by atoms with Crippen molar-refractivity contribution >= 4 is 5.52 Å². The maximum Gasteiger partial charge on any atom is 0.135 e. The number of nitrogens with two attached hydrogens (primary N) is 1. The summed E-state index contributed by atoms with van der Waals surface area (Å²) in [5.74, 6) is -0.381. The minimum atomic E-state index is -0.676. The number of halogens is 2. The van der Waals surface area contributed by atoms with E-state index in [2.05, 4.69) is 34.1 Å². The summed E-state index contributed by atoms with van der Waals surface area (Å²) in [5, 5.41) is 4.57. The number of fused-ring (bicyclic) bond motifs is 1. The molecule has 36 heavy (non-hydrogen) atoms. The Morgan fingerprint density at radius 3 is 2.69 bits per heavy atom. The number of hydrogen-bond acceptors (Lipinski definition) is 5. The lowest BCUT2D eigenvalue weighted by molar-refractivity contribution is 0.133. The zero-order valence-electron chi connectivity index (χ0n) is 20.4. The molecule has 2 N–H and O–H groups in total. The molecule has 3 aromatic heterocycles. The Morgan fingerprint density at radius 2 is 1.94 bits per heavy atom. The average Bonchev–Trinajstić information content (AvgIpc) is 3.24. The van der Waals surface area contributed by atoms with E-state index in [0.717, 1.165) is 23.9 Å². The quantitative estimate of drug-likeness (QED) is 0.354. The summed E-state index contributed by atoms with van der Waals surface area (Å²) in [6, 6.07) is 8.05. The predicted molar refractivity (Wildman–Crippen MR) is 134 cm³/mol. The minimum absolute atomic E-state index is 0.0333. The Morgan fingerprint density at radius 1 is 1.14 bits per heavy atom. The molecule has 0 spiro atoms. The van der Waals surface area contributed by atoms with E-state index in [1.54, 1.807) is 29.0 Å². The van der Waals surface area contributed by atoms with E-state index in [1.165, 1.54) is 23.3 Å². The highest BCUT2D eigenvalue weighted by molar-refractivity contribution is 5.63. The minimum Gasteiger partial charge on any atom is -0.377 e. The average molecular weight is 490 g/mol. The largest absolute Gasteiger partial charge is 0.377 e. The Hall–Kier alpha value is -3.49. The van der Waals surface area contributed by atoms with Gasteiger partial charge in [0.05, 0.1) is 29.6 Å². The van der Waals surface area contributed by atoms with Crippen LogP contribution in [0.25, 0.3) is 16.8 Å². The molecular formula is C28H29F2N5O.